The number of hydrogen-bond donors (Lipinski definition) is 1. The molecule has 0 unspecified atom stereocenters. The van der Waals surface area contributed by atoms with E-state index in [9.17, 15) is 9.59 Å². The highest BCUT2D eigenvalue weighted by Crippen LogP contribution is 2.46. The summed E-state index contributed by atoms with van der Waals surface area (Å²) in [6.45, 7) is 26.7. The van der Waals surface area contributed by atoms with Crippen molar-refractivity contribution >= 4 is 43.4 Å². The summed E-state index contributed by atoms with van der Waals surface area (Å²) in [6.07, 6.45) is 1.45. The normalized spacial score (nSPS) is 16.9. The molecule has 0 bridgehead atoms. The molecule has 0 spiro atoms. The Kier molecular flexibility index (Phi) is 10.7. The summed E-state index contributed by atoms with van der Waals surface area (Å²) in [5, 5.41) is 3.34. The lowest BCUT2D eigenvalue weighted by molar-refractivity contribution is 0.0195. The number of aromatic nitrogens is 2. The number of ether oxygens (including phenoxy) is 4. The maximum absolute atomic E-state index is 13.4. The van der Waals surface area contributed by atoms with Crippen LogP contribution in [0.25, 0.3) is 5.57 Å². The van der Waals surface area contributed by atoms with E-state index < -0.39 is 25.6 Å². The van der Waals surface area contributed by atoms with Gasteiger partial charge in [0, 0.05) is 43.0 Å². The zero-order valence-electron chi connectivity index (χ0n) is 31.8. The largest absolute Gasteiger partial charge is 0.451 e. The number of carbonyl (C=O) groups excluding carboxylic acids is 2. The molecule has 0 fully saturated rings. The van der Waals surface area contributed by atoms with E-state index >= 15 is 0 Å². The molecule has 2 aromatic heterocycles. The van der Waals surface area contributed by atoms with Crippen LogP contribution in [0, 0.1) is 13.8 Å². The average molecular weight is 698 g/mol. The van der Waals surface area contributed by atoms with Gasteiger partial charge in [0.1, 0.15) is 22.8 Å². The molecule has 0 aliphatic carbocycles. The molecule has 4 heterocycles. The lowest BCUT2D eigenvalue weighted by Crippen LogP contribution is -2.48. The van der Waals surface area contributed by atoms with Crippen LogP contribution in [0.2, 0.25) is 18.1 Å². The Labute approximate surface area is 292 Å². The first kappa shape index (κ1) is 38.0. The molecule has 2 aliphatic rings. The molecule has 1 atom stereocenters. The Morgan fingerprint density at radius 3 is 2.24 bits per heavy atom. The van der Waals surface area contributed by atoms with E-state index in [1.807, 2.05) is 67.5 Å². The second kappa shape index (κ2) is 13.8. The van der Waals surface area contributed by atoms with Gasteiger partial charge in [0.2, 0.25) is 6.79 Å². The topological polar surface area (TPSA) is 125 Å². The maximum atomic E-state index is 13.4. The van der Waals surface area contributed by atoms with Crippen molar-refractivity contribution < 1.29 is 33.0 Å². The van der Waals surface area contributed by atoms with Crippen LogP contribution < -0.4 is 19.7 Å². The highest BCUT2D eigenvalue weighted by Gasteiger charge is 2.41. The fourth-order valence-corrected chi connectivity index (χ4v) is 6.61. The van der Waals surface area contributed by atoms with Crippen molar-refractivity contribution in [3.8, 4) is 11.6 Å². The highest BCUT2D eigenvalue weighted by atomic mass is 28.4. The third kappa shape index (κ3) is 9.44. The number of fused-ring (bicyclic) bond motifs is 1. The van der Waals surface area contributed by atoms with Gasteiger partial charge in [-0.2, -0.15) is 4.98 Å². The number of amides is 2. The smallest absolute Gasteiger partial charge is 0.414 e. The summed E-state index contributed by atoms with van der Waals surface area (Å²) in [6, 6.07) is 3.59. The van der Waals surface area contributed by atoms with E-state index in [0.29, 0.717) is 54.2 Å². The molecule has 4 rings (SSSR count). The second-order valence-corrected chi connectivity index (χ2v) is 21.1. The summed E-state index contributed by atoms with van der Waals surface area (Å²) in [5.41, 5.74) is 2.66. The summed E-state index contributed by atoms with van der Waals surface area (Å²) >= 11 is 0. The van der Waals surface area contributed by atoms with Gasteiger partial charge in [0.25, 0.3) is 5.88 Å². The minimum Gasteiger partial charge on any atom is -0.451 e. The standard InChI is InChI=1S/C36H55N5O7Si/c1-22-17-25(40(12)32(42)46-34(3,4)5)19-27(37-22)38-30-23(2)28(29-31(39-30)45-21-44-29)24-15-16-41(33(43)47-35(6,7)8)20-26(18-24)48-49(13,14)36(9,10)11/h15,17,19,26H,16,18,20-21H2,1-14H3,(H,37,38,39)/t26-/m1/s1. The van der Waals surface area contributed by atoms with Gasteiger partial charge in [0.15, 0.2) is 14.1 Å². The van der Waals surface area contributed by atoms with Crippen LogP contribution in [0.4, 0.5) is 26.9 Å². The number of carbonyl (C=O) groups is 2. The Balaban J connectivity index is 1.74. The van der Waals surface area contributed by atoms with Gasteiger partial charge >= 0.3 is 12.2 Å². The average Bonchev–Trinajstić information content (AvgIpc) is 3.29. The van der Waals surface area contributed by atoms with Crippen LogP contribution >= 0.6 is 0 Å². The minimum absolute atomic E-state index is 0.0287. The van der Waals surface area contributed by atoms with Crippen LogP contribution in [0.1, 0.15) is 85.6 Å². The van der Waals surface area contributed by atoms with Crippen LogP contribution in [-0.4, -0.2) is 79.6 Å². The van der Waals surface area contributed by atoms with Crippen molar-refractivity contribution in [1.82, 2.24) is 14.9 Å². The lowest BCUT2D eigenvalue weighted by atomic mass is 9.95. The van der Waals surface area contributed by atoms with Crippen molar-refractivity contribution in [3.63, 3.8) is 0 Å². The third-order valence-corrected chi connectivity index (χ3v) is 13.2. The second-order valence-electron chi connectivity index (χ2n) is 16.3. The van der Waals surface area contributed by atoms with E-state index in [4.69, 9.17) is 28.4 Å². The Morgan fingerprint density at radius 2 is 1.63 bits per heavy atom. The van der Waals surface area contributed by atoms with Gasteiger partial charge < -0.3 is 33.6 Å². The lowest BCUT2D eigenvalue weighted by Gasteiger charge is -2.40. The Morgan fingerprint density at radius 1 is 0.980 bits per heavy atom. The number of hydrogen-bond acceptors (Lipinski definition) is 10. The van der Waals surface area contributed by atoms with E-state index in [2.05, 4.69) is 44.2 Å². The predicted molar refractivity (Wildman–Crippen MR) is 194 cm³/mol. The Hall–Kier alpha value is -3.84. The maximum Gasteiger partial charge on any atom is 0.414 e. The highest BCUT2D eigenvalue weighted by molar-refractivity contribution is 6.74. The molecule has 0 saturated carbocycles. The number of nitrogens with zero attached hydrogens (tertiary/aromatic N) is 4. The number of pyridine rings is 2. The van der Waals surface area contributed by atoms with Crippen molar-refractivity contribution in [2.75, 3.05) is 37.1 Å². The van der Waals surface area contributed by atoms with Crippen LogP contribution in [0.15, 0.2) is 18.2 Å². The molecular formula is C36H55N5O7Si. The first-order valence-electron chi connectivity index (χ1n) is 16.8. The van der Waals surface area contributed by atoms with Crippen LogP contribution in [0.5, 0.6) is 11.6 Å². The van der Waals surface area contributed by atoms with Gasteiger partial charge in [-0.15, -0.1) is 0 Å². The number of rotatable bonds is 6. The monoisotopic (exact) mass is 697 g/mol. The summed E-state index contributed by atoms with van der Waals surface area (Å²) in [5.74, 6) is 1.93. The molecule has 2 aliphatic heterocycles. The molecular weight excluding hydrogens is 643 g/mol. The number of anilines is 3. The van der Waals surface area contributed by atoms with Gasteiger partial charge in [-0.1, -0.05) is 26.8 Å². The van der Waals surface area contributed by atoms with Gasteiger partial charge in [-0.3, -0.25) is 4.90 Å². The molecule has 0 aromatic carbocycles. The number of aryl methyl sites for hydroxylation is 1. The number of nitrogens with one attached hydrogen (secondary N) is 1. The molecule has 0 radical (unpaired) electrons. The fourth-order valence-electron chi connectivity index (χ4n) is 5.27. The predicted octanol–water partition coefficient (Wildman–Crippen LogP) is 8.35. The van der Waals surface area contributed by atoms with Gasteiger partial charge in [0.05, 0.1) is 11.8 Å². The zero-order valence-corrected chi connectivity index (χ0v) is 32.8. The van der Waals surface area contributed by atoms with Crippen molar-refractivity contribution in [3.05, 3.63) is 35.0 Å². The van der Waals surface area contributed by atoms with Crippen molar-refractivity contribution in [1.29, 1.82) is 0 Å². The summed E-state index contributed by atoms with van der Waals surface area (Å²) in [4.78, 5) is 38.8. The zero-order chi connectivity index (χ0) is 36.7. The van der Waals surface area contributed by atoms with Crippen LogP contribution in [0.3, 0.4) is 0 Å². The van der Waals surface area contributed by atoms with E-state index in [-0.39, 0.29) is 24.0 Å². The van der Waals surface area contributed by atoms with E-state index in [1.54, 1.807) is 18.0 Å². The summed E-state index contributed by atoms with van der Waals surface area (Å²) < 4.78 is 30.2. The van der Waals surface area contributed by atoms with E-state index in [1.165, 1.54) is 4.90 Å². The van der Waals surface area contributed by atoms with E-state index in [0.717, 1.165) is 16.7 Å². The molecule has 0 saturated heterocycles. The Bertz CT molecular complexity index is 1600. The minimum atomic E-state index is -2.23. The molecule has 270 valence electrons. The SMILES string of the molecule is Cc1cc(N(C)C(=O)OC(C)(C)C)cc(Nc2nc3c(c(C4=CCN(C(=O)OC(C)(C)C)C[C@H](O[Si](C)(C)C(C)(C)C)C4)c2C)OCO3)n1. The van der Waals surface area contributed by atoms with Crippen molar-refractivity contribution in [2.45, 2.75) is 118 Å². The fraction of sp³-hybridized carbons (Fsp3) is 0.611. The molecule has 1 N–H and O–H groups in total. The third-order valence-electron chi connectivity index (χ3n) is 8.67. The molecule has 12 nitrogen and oxygen atoms in total. The molecule has 13 heteroatoms. The molecule has 2 aromatic rings. The van der Waals surface area contributed by atoms with Gasteiger partial charge in [-0.25, -0.2) is 14.6 Å². The van der Waals surface area contributed by atoms with Crippen molar-refractivity contribution in [2.24, 2.45) is 0 Å². The van der Waals surface area contributed by atoms with Crippen LogP contribution in [-0.2, 0) is 13.9 Å². The molecule has 2 amide bonds. The summed E-state index contributed by atoms with van der Waals surface area (Å²) in [7, 11) is -0.563. The van der Waals surface area contributed by atoms with Gasteiger partial charge in [-0.05, 0) is 91.6 Å². The quantitative estimate of drug-likeness (QED) is 0.295. The first-order chi connectivity index (χ1) is 22.4. The molecule has 49 heavy (non-hydrogen) atoms. The first-order valence-corrected chi connectivity index (χ1v) is 19.7.